The molecule has 0 aromatic carbocycles. The summed E-state index contributed by atoms with van der Waals surface area (Å²) < 4.78 is 0. The second-order valence-electron chi connectivity index (χ2n) is 2.31. The van der Waals surface area contributed by atoms with Gasteiger partial charge < -0.3 is 15.3 Å². The number of aliphatic hydroxyl groups is 3. The summed E-state index contributed by atoms with van der Waals surface area (Å²) in [5.74, 6) is -0.403. The van der Waals surface area contributed by atoms with Crippen LogP contribution in [0, 0.1) is 5.41 Å². The van der Waals surface area contributed by atoms with Crippen molar-refractivity contribution >= 4 is 5.78 Å². The van der Waals surface area contributed by atoms with Gasteiger partial charge in [-0.2, -0.15) is 0 Å². The van der Waals surface area contributed by atoms with Crippen LogP contribution in [0.1, 0.15) is 6.92 Å². The van der Waals surface area contributed by atoms with E-state index in [0.717, 1.165) is 0 Å². The Morgan fingerprint density at radius 1 is 1.20 bits per heavy atom. The number of ketones is 1. The zero-order valence-corrected chi connectivity index (χ0v) is 5.87. The van der Waals surface area contributed by atoms with Gasteiger partial charge in [-0.1, -0.05) is 0 Å². The topological polar surface area (TPSA) is 77.8 Å². The molecule has 0 aliphatic rings. The molecule has 0 unspecified atom stereocenters. The van der Waals surface area contributed by atoms with Gasteiger partial charge in [0.05, 0.1) is 25.2 Å². The Morgan fingerprint density at radius 2 is 1.50 bits per heavy atom. The van der Waals surface area contributed by atoms with E-state index in [4.69, 9.17) is 15.3 Å². The van der Waals surface area contributed by atoms with Gasteiger partial charge in [0.1, 0.15) is 5.78 Å². The minimum absolute atomic E-state index is 0.403. The van der Waals surface area contributed by atoms with E-state index in [0.29, 0.717) is 0 Å². The summed E-state index contributed by atoms with van der Waals surface area (Å²) in [6.07, 6.45) is 0. The van der Waals surface area contributed by atoms with Crippen molar-refractivity contribution < 1.29 is 20.1 Å². The zero-order chi connectivity index (χ0) is 8.20. The average molecular weight is 148 g/mol. The van der Waals surface area contributed by atoms with Crippen molar-refractivity contribution in [3.05, 3.63) is 0 Å². The van der Waals surface area contributed by atoms with Crippen molar-refractivity contribution in [3.63, 3.8) is 0 Å². The molecule has 0 aliphatic carbocycles. The highest BCUT2D eigenvalue weighted by Crippen LogP contribution is 2.14. The number of aliphatic hydroxyl groups excluding tert-OH is 3. The van der Waals surface area contributed by atoms with E-state index in [9.17, 15) is 4.79 Å². The van der Waals surface area contributed by atoms with Gasteiger partial charge in [-0.05, 0) is 6.92 Å². The second-order valence-corrected chi connectivity index (χ2v) is 2.31. The largest absolute Gasteiger partial charge is 0.395 e. The Kier molecular flexibility index (Phi) is 3.49. The molecule has 0 spiro atoms. The van der Waals surface area contributed by atoms with Gasteiger partial charge in [0.25, 0.3) is 0 Å². The van der Waals surface area contributed by atoms with Crippen LogP contribution in [0.3, 0.4) is 0 Å². The molecule has 60 valence electrons. The number of hydrogen-bond acceptors (Lipinski definition) is 4. The van der Waals surface area contributed by atoms with Crippen LogP contribution in [0.2, 0.25) is 0 Å². The van der Waals surface area contributed by atoms with E-state index < -0.39 is 31.0 Å². The minimum Gasteiger partial charge on any atom is -0.395 e. The number of hydrogen-bond donors (Lipinski definition) is 3. The first-order valence-corrected chi connectivity index (χ1v) is 2.96. The first kappa shape index (κ1) is 9.55. The summed E-state index contributed by atoms with van der Waals surface area (Å²) in [5, 5.41) is 25.8. The summed E-state index contributed by atoms with van der Waals surface area (Å²) in [5.41, 5.74) is -1.35. The molecule has 0 fully saturated rings. The van der Waals surface area contributed by atoms with Gasteiger partial charge in [0.2, 0.25) is 0 Å². The fourth-order valence-corrected chi connectivity index (χ4v) is 0.484. The Labute approximate surface area is 59.1 Å². The third-order valence-electron chi connectivity index (χ3n) is 1.65. The lowest BCUT2D eigenvalue weighted by atomic mass is 9.87. The lowest BCUT2D eigenvalue weighted by Gasteiger charge is -2.23. The molecular formula is C6H12O4. The maximum absolute atomic E-state index is 10.7. The molecule has 0 amide bonds. The predicted molar refractivity (Wildman–Crippen MR) is 34.4 cm³/mol. The fourth-order valence-electron chi connectivity index (χ4n) is 0.484. The molecule has 0 heterocycles. The summed E-state index contributed by atoms with van der Waals surface area (Å²) in [6, 6.07) is 0. The summed E-state index contributed by atoms with van der Waals surface area (Å²) in [6.45, 7) is -0.331. The highest BCUT2D eigenvalue weighted by Gasteiger charge is 2.33. The molecule has 4 nitrogen and oxygen atoms in total. The van der Waals surface area contributed by atoms with Gasteiger partial charge in [-0.3, -0.25) is 4.79 Å². The molecule has 0 aromatic heterocycles. The lowest BCUT2D eigenvalue weighted by Crippen LogP contribution is -2.40. The SMILES string of the molecule is CC(=O)C(CO)(CO)CO. The van der Waals surface area contributed by atoms with Crippen LogP contribution >= 0.6 is 0 Å². The monoisotopic (exact) mass is 148 g/mol. The Morgan fingerprint density at radius 3 is 1.50 bits per heavy atom. The summed E-state index contributed by atoms with van der Waals surface area (Å²) >= 11 is 0. The molecule has 0 aliphatic heterocycles. The molecule has 0 rings (SSSR count). The van der Waals surface area contributed by atoms with Gasteiger partial charge in [0, 0.05) is 0 Å². The Bertz CT molecular complexity index is 109. The molecule has 0 bridgehead atoms. The van der Waals surface area contributed by atoms with Gasteiger partial charge in [-0.15, -0.1) is 0 Å². The first-order valence-electron chi connectivity index (χ1n) is 2.96. The van der Waals surface area contributed by atoms with Crippen molar-refractivity contribution in [1.82, 2.24) is 0 Å². The number of carbonyl (C=O) groups excluding carboxylic acids is 1. The fraction of sp³-hybridized carbons (Fsp3) is 0.833. The van der Waals surface area contributed by atoms with Gasteiger partial charge in [0.15, 0.2) is 0 Å². The first-order chi connectivity index (χ1) is 4.63. The highest BCUT2D eigenvalue weighted by molar-refractivity contribution is 5.82. The van der Waals surface area contributed by atoms with Gasteiger partial charge in [-0.25, -0.2) is 0 Å². The zero-order valence-electron chi connectivity index (χ0n) is 5.87. The number of Topliss-reactive ketones (excluding diaryl/α,β-unsaturated/α-hetero) is 1. The van der Waals surface area contributed by atoms with Crippen LogP contribution in [-0.4, -0.2) is 40.9 Å². The molecule has 0 aromatic rings. The molecule has 0 saturated heterocycles. The van der Waals surface area contributed by atoms with E-state index in [1.807, 2.05) is 0 Å². The van der Waals surface area contributed by atoms with E-state index in [1.165, 1.54) is 6.92 Å². The minimum atomic E-state index is -1.35. The van der Waals surface area contributed by atoms with E-state index in [1.54, 1.807) is 0 Å². The molecular weight excluding hydrogens is 136 g/mol. The van der Waals surface area contributed by atoms with Crippen molar-refractivity contribution in [2.24, 2.45) is 5.41 Å². The van der Waals surface area contributed by atoms with E-state index in [-0.39, 0.29) is 0 Å². The van der Waals surface area contributed by atoms with Crippen molar-refractivity contribution in [1.29, 1.82) is 0 Å². The van der Waals surface area contributed by atoms with Crippen LogP contribution in [0.4, 0.5) is 0 Å². The molecule has 4 heteroatoms. The third kappa shape index (κ3) is 1.53. The lowest BCUT2D eigenvalue weighted by molar-refractivity contribution is -0.134. The summed E-state index contributed by atoms with van der Waals surface area (Å²) in [4.78, 5) is 10.7. The summed E-state index contributed by atoms with van der Waals surface area (Å²) in [7, 11) is 0. The smallest absolute Gasteiger partial charge is 0.142 e. The third-order valence-corrected chi connectivity index (χ3v) is 1.65. The second kappa shape index (κ2) is 3.65. The molecule has 0 radical (unpaired) electrons. The van der Waals surface area contributed by atoms with Crippen LogP contribution in [0.15, 0.2) is 0 Å². The molecule has 3 N–H and O–H groups in total. The van der Waals surface area contributed by atoms with E-state index >= 15 is 0 Å². The maximum atomic E-state index is 10.7. The number of carbonyl (C=O) groups is 1. The molecule has 0 saturated carbocycles. The average Bonchev–Trinajstić information content (AvgIpc) is 1.92. The van der Waals surface area contributed by atoms with Crippen molar-refractivity contribution in [2.75, 3.05) is 19.8 Å². The van der Waals surface area contributed by atoms with Crippen LogP contribution in [0.25, 0.3) is 0 Å². The van der Waals surface area contributed by atoms with Crippen molar-refractivity contribution in [3.8, 4) is 0 Å². The Hall–Kier alpha value is -0.450. The standard InChI is InChI=1S/C6H12O4/c1-5(10)6(2-7,3-8)4-9/h7-9H,2-4H2,1H3. The van der Waals surface area contributed by atoms with Crippen LogP contribution < -0.4 is 0 Å². The van der Waals surface area contributed by atoms with E-state index in [2.05, 4.69) is 0 Å². The molecule has 0 atom stereocenters. The maximum Gasteiger partial charge on any atom is 0.142 e. The Balaban J connectivity index is 4.31. The van der Waals surface area contributed by atoms with Crippen LogP contribution in [-0.2, 0) is 4.79 Å². The van der Waals surface area contributed by atoms with Crippen LogP contribution in [0.5, 0.6) is 0 Å². The normalized spacial score (nSPS) is 11.6. The number of rotatable bonds is 4. The highest BCUT2D eigenvalue weighted by atomic mass is 16.3. The quantitative estimate of drug-likeness (QED) is 0.455. The van der Waals surface area contributed by atoms with Crippen molar-refractivity contribution in [2.45, 2.75) is 6.92 Å². The van der Waals surface area contributed by atoms with Gasteiger partial charge >= 0.3 is 0 Å². The molecule has 10 heavy (non-hydrogen) atoms. The predicted octanol–water partition coefficient (Wildman–Crippen LogP) is -1.46.